The number of hydrogen-bond acceptors (Lipinski definition) is 3. The van der Waals surface area contributed by atoms with Crippen LogP contribution in [-0.4, -0.2) is 24.2 Å². The largest absolute Gasteiger partial charge is 0.481 e. The molecule has 33 heavy (non-hydrogen) atoms. The van der Waals surface area contributed by atoms with E-state index >= 15 is 0 Å². The van der Waals surface area contributed by atoms with Gasteiger partial charge in [-0.1, -0.05) is 44.9 Å². The fourth-order valence-corrected chi connectivity index (χ4v) is 4.67. The monoisotopic (exact) mass is 454 g/mol. The molecule has 1 aliphatic heterocycles. The van der Waals surface area contributed by atoms with Crippen molar-refractivity contribution in [2.75, 3.05) is 23.3 Å². The van der Waals surface area contributed by atoms with Gasteiger partial charge in [-0.25, -0.2) is 4.39 Å². The molecule has 4 nitrogen and oxygen atoms in total. The van der Waals surface area contributed by atoms with E-state index in [1.54, 1.807) is 6.07 Å². The molecule has 4 rings (SSSR count). The number of rotatable bonds is 8. The van der Waals surface area contributed by atoms with Gasteiger partial charge in [0.25, 0.3) is 0 Å². The number of carbonyl (C=O) groups is 1. The molecule has 5 heteroatoms. The van der Waals surface area contributed by atoms with E-state index in [2.05, 4.69) is 43.1 Å². The number of nitrogens with one attached hydrogen (secondary N) is 1. The Balaban J connectivity index is 0.000000968. The summed E-state index contributed by atoms with van der Waals surface area (Å²) < 4.78 is 14.3. The molecule has 2 aromatic carbocycles. The minimum atomic E-state index is -0.911. The van der Waals surface area contributed by atoms with Crippen LogP contribution in [0.1, 0.15) is 74.6 Å². The van der Waals surface area contributed by atoms with Crippen LogP contribution in [0, 0.1) is 18.7 Å². The van der Waals surface area contributed by atoms with Crippen LogP contribution >= 0.6 is 0 Å². The van der Waals surface area contributed by atoms with Crippen LogP contribution in [-0.2, 0) is 24.2 Å². The minimum Gasteiger partial charge on any atom is -0.481 e. The van der Waals surface area contributed by atoms with Crippen LogP contribution in [0.2, 0.25) is 0 Å². The molecular weight excluding hydrogens is 415 g/mol. The van der Waals surface area contributed by atoms with Crippen LogP contribution in [0.25, 0.3) is 0 Å². The number of nitrogens with zero attached hydrogens (tertiary/aromatic N) is 1. The average molecular weight is 455 g/mol. The summed E-state index contributed by atoms with van der Waals surface area (Å²) in [4.78, 5) is 13.3. The Morgan fingerprint density at radius 1 is 1.15 bits per heavy atom. The van der Waals surface area contributed by atoms with Crippen LogP contribution in [0.4, 0.5) is 15.8 Å². The molecule has 0 saturated heterocycles. The molecule has 1 fully saturated rings. The van der Waals surface area contributed by atoms with Crippen LogP contribution in [0.15, 0.2) is 30.3 Å². The first-order valence-corrected chi connectivity index (χ1v) is 12.5. The molecule has 2 aliphatic rings. The average Bonchev–Trinajstić information content (AvgIpc) is 2.75. The highest BCUT2D eigenvalue weighted by Crippen LogP contribution is 2.36. The van der Waals surface area contributed by atoms with E-state index in [9.17, 15) is 9.18 Å². The fourth-order valence-electron chi connectivity index (χ4n) is 4.67. The Morgan fingerprint density at radius 2 is 1.88 bits per heavy atom. The fraction of sp³-hybridized carbons (Fsp3) is 0.536. The molecule has 0 spiro atoms. The van der Waals surface area contributed by atoms with Gasteiger partial charge >= 0.3 is 5.97 Å². The molecule has 180 valence electrons. The van der Waals surface area contributed by atoms with Gasteiger partial charge in [-0.15, -0.1) is 0 Å². The molecule has 1 heterocycles. The van der Waals surface area contributed by atoms with Gasteiger partial charge in [0.15, 0.2) is 0 Å². The smallest absolute Gasteiger partial charge is 0.303 e. The van der Waals surface area contributed by atoms with Gasteiger partial charge in [0.1, 0.15) is 5.82 Å². The molecule has 0 amide bonds. The van der Waals surface area contributed by atoms with Gasteiger partial charge in [-0.05, 0) is 79.3 Å². The second-order valence-corrected chi connectivity index (χ2v) is 9.46. The van der Waals surface area contributed by atoms with Gasteiger partial charge in [0, 0.05) is 37.4 Å². The third-order valence-corrected chi connectivity index (χ3v) is 6.66. The van der Waals surface area contributed by atoms with E-state index in [0.717, 1.165) is 24.6 Å². The second-order valence-electron chi connectivity index (χ2n) is 9.46. The lowest BCUT2D eigenvalue weighted by Gasteiger charge is -2.38. The highest BCUT2D eigenvalue weighted by molar-refractivity contribution is 5.67. The van der Waals surface area contributed by atoms with Crippen molar-refractivity contribution >= 4 is 17.3 Å². The standard InChI is InChI=1S/C25H31FN2O2.C3H8/c1-17-21(15-27-22-11-9-19(23(26)14-22)10-12-24(29)30)8-7-20-6-3-13-28(25(17)20)16-18-4-2-5-18;1-3-2/h7-9,11,14,18,27H,2-6,10,12-13,15-16H2,1H3,(H,29,30);3H2,1-2H3. The Kier molecular flexibility index (Phi) is 9.16. The maximum atomic E-state index is 14.3. The number of carboxylic acid groups (broad SMARTS) is 1. The van der Waals surface area contributed by atoms with Crippen molar-refractivity contribution in [1.82, 2.24) is 0 Å². The summed E-state index contributed by atoms with van der Waals surface area (Å²) in [6.45, 7) is 9.42. The van der Waals surface area contributed by atoms with Crippen LogP contribution in [0.3, 0.4) is 0 Å². The molecule has 1 aliphatic carbocycles. The SMILES string of the molecule is CCC.Cc1c(CNc2ccc(CCC(=O)O)c(F)c2)ccc2c1N(CC1CCC1)CCC2. The predicted molar refractivity (Wildman–Crippen MR) is 135 cm³/mol. The summed E-state index contributed by atoms with van der Waals surface area (Å²) in [6, 6.07) is 9.44. The first-order chi connectivity index (χ1) is 15.9. The molecule has 0 bridgehead atoms. The summed E-state index contributed by atoms with van der Waals surface area (Å²) >= 11 is 0. The molecule has 1 saturated carbocycles. The van der Waals surface area contributed by atoms with Crippen molar-refractivity contribution in [2.45, 2.75) is 78.7 Å². The van der Waals surface area contributed by atoms with E-state index in [4.69, 9.17) is 5.11 Å². The quantitative estimate of drug-likeness (QED) is 0.464. The van der Waals surface area contributed by atoms with E-state index in [-0.39, 0.29) is 18.7 Å². The van der Waals surface area contributed by atoms with Crippen molar-refractivity contribution in [3.05, 3.63) is 58.4 Å². The van der Waals surface area contributed by atoms with Crippen molar-refractivity contribution in [3.63, 3.8) is 0 Å². The summed E-state index contributed by atoms with van der Waals surface area (Å²) in [5, 5.41) is 12.1. The maximum absolute atomic E-state index is 14.3. The zero-order chi connectivity index (χ0) is 23.8. The second kappa shape index (κ2) is 12.1. The van der Waals surface area contributed by atoms with E-state index in [1.807, 2.05) is 6.07 Å². The number of aryl methyl sites for hydroxylation is 2. The van der Waals surface area contributed by atoms with E-state index in [1.165, 1.54) is 67.1 Å². The van der Waals surface area contributed by atoms with Crippen molar-refractivity contribution in [2.24, 2.45) is 5.92 Å². The molecule has 0 radical (unpaired) electrons. The zero-order valence-corrected chi connectivity index (χ0v) is 20.4. The maximum Gasteiger partial charge on any atom is 0.303 e. The van der Waals surface area contributed by atoms with Gasteiger partial charge < -0.3 is 15.3 Å². The normalized spacial score (nSPS) is 15.2. The molecule has 0 atom stereocenters. The van der Waals surface area contributed by atoms with Gasteiger partial charge in [0.05, 0.1) is 0 Å². The summed E-state index contributed by atoms with van der Waals surface area (Å²) in [6.07, 6.45) is 7.87. The number of hydrogen-bond donors (Lipinski definition) is 2. The highest BCUT2D eigenvalue weighted by atomic mass is 19.1. The summed E-state index contributed by atoms with van der Waals surface area (Å²) in [5.74, 6) is -0.416. The number of anilines is 2. The summed E-state index contributed by atoms with van der Waals surface area (Å²) in [5.41, 5.74) is 6.61. The molecule has 2 aromatic rings. The van der Waals surface area contributed by atoms with E-state index in [0.29, 0.717) is 12.1 Å². The van der Waals surface area contributed by atoms with Gasteiger partial charge in [-0.3, -0.25) is 4.79 Å². The number of carboxylic acids is 1. The third kappa shape index (κ3) is 6.72. The van der Waals surface area contributed by atoms with Gasteiger partial charge in [0.2, 0.25) is 0 Å². The number of halogens is 1. The number of benzene rings is 2. The summed E-state index contributed by atoms with van der Waals surface area (Å²) in [7, 11) is 0. The first-order valence-electron chi connectivity index (χ1n) is 12.5. The lowest BCUT2D eigenvalue weighted by molar-refractivity contribution is -0.136. The lowest BCUT2D eigenvalue weighted by Crippen LogP contribution is -2.37. The number of aliphatic carboxylic acids is 1. The molecule has 2 N–H and O–H groups in total. The topological polar surface area (TPSA) is 52.6 Å². The Bertz CT molecular complexity index is 940. The zero-order valence-electron chi connectivity index (χ0n) is 20.4. The van der Waals surface area contributed by atoms with Crippen molar-refractivity contribution < 1.29 is 14.3 Å². The van der Waals surface area contributed by atoms with Crippen molar-refractivity contribution in [3.8, 4) is 0 Å². The number of fused-ring (bicyclic) bond motifs is 1. The highest BCUT2D eigenvalue weighted by Gasteiger charge is 2.25. The molecular formula is C28H39FN2O2. The van der Waals surface area contributed by atoms with Crippen LogP contribution in [0.5, 0.6) is 0 Å². The molecule has 0 aromatic heterocycles. The molecule has 0 unspecified atom stereocenters. The Hall–Kier alpha value is -2.56. The van der Waals surface area contributed by atoms with Crippen LogP contribution < -0.4 is 10.2 Å². The van der Waals surface area contributed by atoms with Gasteiger partial charge in [-0.2, -0.15) is 0 Å². The minimum absolute atomic E-state index is 0.0601. The predicted octanol–water partition coefficient (Wildman–Crippen LogP) is 6.73. The van der Waals surface area contributed by atoms with E-state index < -0.39 is 5.97 Å². The Labute approximate surface area is 198 Å². The third-order valence-electron chi connectivity index (χ3n) is 6.66. The lowest BCUT2D eigenvalue weighted by atomic mass is 9.84. The van der Waals surface area contributed by atoms with Crippen molar-refractivity contribution in [1.29, 1.82) is 0 Å². The first kappa shape index (κ1) is 25.1. The Morgan fingerprint density at radius 3 is 2.52 bits per heavy atom.